The molecule has 7 nitrogen and oxygen atoms in total. The molecule has 0 aliphatic heterocycles. The van der Waals surface area contributed by atoms with Crippen LogP contribution in [0.15, 0.2) is 48.5 Å². The van der Waals surface area contributed by atoms with Crippen LogP contribution >= 0.6 is 15.9 Å². The number of rotatable bonds is 6. The van der Waals surface area contributed by atoms with Crippen molar-refractivity contribution in [3.63, 3.8) is 0 Å². The number of alkyl halides is 1. The summed E-state index contributed by atoms with van der Waals surface area (Å²) in [6.07, 6.45) is 0. The molecule has 0 aromatic heterocycles. The molecule has 1 N–H and O–H groups in total. The Hall–Kier alpha value is -2.32. The molecule has 0 aliphatic rings. The molecule has 2 aromatic rings. The maximum atomic E-state index is 10.3. The summed E-state index contributed by atoms with van der Waals surface area (Å²) in [5, 5.41) is 24.4. The molecule has 24 heavy (non-hydrogen) atoms. The second-order valence-corrected chi connectivity index (χ2v) is 5.32. The fraction of sp³-hybridized carbons (Fsp3) is 0.250. The van der Waals surface area contributed by atoms with Crippen molar-refractivity contribution < 1.29 is 9.85 Å². The molecule has 0 atom stereocenters. The smallest absolute Gasteiger partial charge is 0.269 e. The first-order chi connectivity index (χ1) is 11.5. The number of halogens is 1. The van der Waals surface area contributed by atoms with Gasteiger partial charge in [-0.3, -0.25) is 20.2 Å². The SMILES string of the molecule is CCNCc1ccc([N+](=O)[O-])cc1.O=[N+]([O-])c1ccc(CBr)cc1. The largest absolute Gasteiger partial charge is 0.313 e. The molecule has 0 heterocycles. The zero-order valence-electron chi connectivity index (χ0n) is 13.1. The Kier molecular flexibility index (Phi) is 8.59. The molecule has 0 amide bonds. The van der Waals surface area contributed by atoms with Gasteiger partial charge in [0, 0.05) is 36.1 Å². The van der Waals surface area contributed by atoms with Crippen LogP contribution in [0.3, 0.4) is 0 Å². The molecule has 128 valence electrons. The Balaban J connectivity index is 0.000000243. The molecule has 0 bridgehead atoms. The molecular formula is C16H18BrN3O4. The minimum atomic E-state index is -0.405. The second kappa shape index (κ2) is 10.5. The van der Waals surface area contributed by atoms with Crippen LogP contribution in [0, 0.1) is 20.2 Å². The fourth-order valence-electron chi connectivity index (χ4n) is 1.71. The van der Waals surface area contributed by atoms with Crippen LogP contribution in [0.25, 0.3) is 0 Å². The average Bonchev–Trinajstić information content (AvgIpc) is 2.61. The zero-order chi connectivity index (χ0) is 17.9. The van der Waals surface area contributed by atoms with Crippen molar-refractivity contribution in [3.05, 3.63) is 79.9 Å². The average molecular weight is 396 g/mol. The highest BCUT2D eigenvalue weighted by molar-refractivity contribution is 9.08. The normalized spacial score (nSPS) is 9.75. The van der Waals surface area contributed by atoms with Gasteiger partial charge in [-0.25, -0.2) is 0 Å². The van der Waals surface area contributed by atoms with Crippen molar-refractivity contribution in [2.24, 2.45) is 0 Å². The number of hydrogen-bond acceptors (Lipinski definition) is 5. The molecule has 2 aromatic carbocycles. The van der Waals surface area contributed by atoms with Crippen molar-refractivity contribution in [1.82, 2.24) is 5.32 Å². The number of nitro groups is 2. The molecule has 0 saturated heterocycles. The van der Waals surface area contributed by atoms with Gasteiger partial charge in [0.1, 0.15) is 0 Å². The van der Waals surface area contributed by atoms with E-state index >= 15 is 0 Å². The Morgan fingerprint density at radius 3 is 1.62 bits per heavy atom. The topological polar surface area (TPSA) is 98.3 Å². The van der Waals surface area contributed by atoms with E-state index in [0.29, 0.717) is 0 Å². The minimum Gasteiger partial charge on any atom is -0.313 e. The Bertz CT molecular complexity index is 660. The van der Waals surface area contributed by atoms with E-state index in [0.717, 1.165) is 29.5 Å². The van der Waals surface area contributed by atoms with Crippen molar-refractivity contribution in [2.45, 2.75) is 18.8 Å². The molecule has 2 rings (SSSR count). The molecule has 0 spiro atoms. The van der Waals surface area contributed by atoms with Gasteiger partial charge >= 0.3 is 0 Å². The summed E-state index contributed by atoms with van der Waals surface area (Å²) in [6.45, 7) is 3.68. The van der Waals surface area contributed by atoms with E-state index in [4.69, 9.17) is 0 Å². The predicted octanol–water partition coefficient (Wildman–Crippen LogP) is 4.19. The summed E-state index contributed by atoms with van der Waals surface area (Å²) < 4.78 is 0. The van der Waals surface area contributed by atoms with Crippen LogP contribution in [0.4, 0.5) is 11.4 Å². The third kappa shape index (κ3) is 6.84. The van der Waals surface area contributed by atoms with Crippen molar-refractivity contribution in [3.8, 4) is 0 Å². The molecule has 0 aliphatic carbocycles. The summed E-state index contributed by atoms with van der Waals surface area (Å²) in [4.78, 5) is 19.7. The van der Waals surface area contributed by atoms with Gasteiger partial charge in [-0.05, 0) is 17.7 Å². The summed E-state index contributed by atoms with van der Waals surface area (Å²) in [5.74, 6) is 0. The van der Waals surface area contributed by atoms with E-state index in [1.807, 2.05) is 6.92 Å². The van der Waals surface area contributed by atoms with Gasteiger partial charge in [-0.15, -0.1) is 0 Å². The quantitative estimate of drug-likeness (QED) is 0.448. The van der Waals surface area contributed by atoms with E-state index in [1.54, 1.807) is 24.3 Å². The number of benzene rings is 2. The van der Waals surface area contributed by atoms with Crippen LogP contribution < -0.4 is 5.32 Å². The number of nitrogens with zero attached hydrogens (tertiary/aromatic N) is 2. The molecule has 8 heteroatoms. The monoisotopic (exact) mass is 395 g/mol. The van der Waals surface area contributed by atoms with Crippen LogP contribution in [-0.4, -0.2) is 16.4 Å². The maximum absolute atomic E-state index is 10.3. The standard InChI is InChI=1S/C9H12N2O2.C7H6BrNO2/c1-2-10-7-8-3-5-9(6-4-8)11(12)13;8-5-6-1-3-7(4-2-6)9(10)11/h3-6,10H,2,7H2,1H3;1-4H,5H2. The molecule has 0 radical (unpaired) electrons. The van der Waals surface area contributed by atoms with Gasteiger partial charge < -0.3 is 5.32 Å². The van der Waals surface area contributed by atoms with Crippen molar-refractivity contribution >= 4 is 27.3 Å². The van der Waals surface area contributed by atoms with Crippen LogP contribution in [0.2, 0.25) is 0 Å². The van der Waals surface area contributed by atoms with Gasteiger partial charge in [0.25, 0.3) is 11.4 Å². The van der Waals surface area contributed by atoms with E-state index in [-0.39, 0.29) is 11.4 Å². The lowest BCUT2D eigenvalue weighted by Crippen LogP contribution is -2.11. The highest BCUT2D eigenvalue weighted by Crippen LogP contribution is 2.13. The third-order valence-electron chi connectivity index (χ3n) is 3.03. The molecule has 0 fully saturated rings. The minimum absolute atomic E-state index is 0.134. The number of nitro benzene ring substituents is 2. The number of nitrogens with one attached hydrogen (secondary N) is 1. The Morgan fingerprint density at radius 1 is 0.875 bits per heavy atom. The van der Waals surface area contributed by atoms with E-state index in [9.17, 15) is 20.2 Å². The fourth-order valence-corrected chi connectivity index (χ4v) is 2.09. The summed E-state index contributed by atoms with van der Waals surface area (Å²) in [5.41, 5.74) is 2.37. The summed E-state index contributed by atoms with van der Waals surface area (Å²) in [6, 6.07) is 13.0. The van der Waals surface area contributed by atoms with Crippen LogP contribution in [0.1, 0.15) is 18.1 Å². The molecular weight excluding hydrogens is 378 g/mol. The van der Waals surface area contributed by atoms with E-state index < -0.39 is 9.85 Å². The Labute approximate surface area is 148 Å². The van der Waals surface area contributed by atoms with E-state index in [2.05, 4.69) is 21.2 Å². The molecule has 0 saturated carbocycles. The third-order valence-corrected chi connectivity index (χ3v) is 3.68. The van der Waals surface area contributed by atoms with Gasteiger partial charge in [0.15, 0.2) is 0 Å². The molecule has 0 unspecified atom stereocenters. The highest BCUT2D eigenvalue weighted by atomic mass is 79.9. The zero-order valence-corrected chi connectivity index (χ0v) is 14.7. The van der Waals surface area contributed by atoms with Gasteiger partial charge in [0.2, 0.25) is 0 Å². The lowest BCUT2D eigenvalue weighted by atomic mass is 10.2. The number of hydrogen-bond donors (Lipinski definition) is 1. The van der Waals surface area contributed by atoms with Crippen LogP contribution in [0.5, 0.6) is 0 Å². The second-order valence-electron chi connectivity index (χ2n) is 4.76. The van der Waals surface area contributed by atoms with Gasteiger partial charge in [-0.2, -0.15) is 0 Å². The first-order valence-electron chi connectivity index (χ1n) is 7.21. The lowest BCUT2D eigenvalue weighted by Gasteiger charge is -2.00. The van der Waals surface area contributed by atoms with Gasteiger partial charge in [0.05, 0.1) is 9.85 Å². The van der Waals surface area contributed by atoms with Crippen molar-refractivity contribution in [2.75, 3.05) is 6.54 Å². The van der Waals surface area contributed by atoms with Gasteiger partial charge in [-0.1, -0.05) is 47.1 Å². The maximum Gasteiger partial charge on any atom is 0.269 e. The summed E-state index contributed by atoms with van der Waals surface area (Å²) in [7, 11) is 0. The van der Waals surface area contributed by atoms with E-state index in [1.165, 1.54) is 24.3 Å². The lowest BCUT2D eigenvalue weighted by molar-refractivity contribution is -0.385. The number of non-ortho nitro benzene ring substituents is 2. The first-order valence-corrected chi connectivity index (χ1v) is 8.33. The highest BCUT2D eigenvalue weighted by Gasteiger charge is 2.03. The predicted molar refractivity (Wildman–Crippen MR) is 96.2 cm³/mol. The first kappa shape index (κ1) is 19.7. The Morgan fingerprint density at radius 2 is 1.29 bits per heavy atom. The van der Waals surface area contributed by atoms with Crippen molar-refractivity contribution in [1.29, 1.82) is 0 Å². The van der Waals surface area contributed by atoms with Crippen LogP contribution in [-0.2, 0) is 11.9 Å². The summed E-state index contributed by atoms with van der Waals surface area (Å²) >= 11 is 3.25.